The minimum absolute atomic E-state index is 0.0401. The lowest BCUT2D eigenvalue weighted by Gasteiger charge is -2.10. The highest BCUT2D eigenvalue weighted by atomic mass is 32.2. The first-order valence-electron chi connectivity index (χ1n) is 6.25. The lowest BCUT2D eigenvalue weighted by molar-refractivity contribution is -0.119. The summed E-state index contributed by atoms with van der Waals surface area (Å²) in [6, 6.07) is 6.21. The van der Waals surface area contributed by atoms with Gasteiger partial charge in [-0.1, -0.05) is 12.1 Å². The minimum atomic E-state index is -3.59. The van der Waals surface area contributed by atoms with Crippen LogP contribution in [0, 0.1) is 5.92 Å². The van der Waals surface area contributed by atoms with Crippen molar-refractivity contribution in [1.29, 1.82) is 0 Å². The van der Waals surface area contributed by atoms with Crippen LogP contribution in [-0.2, 0) is 30.4 Å². The summed E-state index contributed by atoms with van der Waals surface area (Å²) in [6.07, 6.45) is 0.331. The first kappa shape index (κ1) is 15.9. The number of carbonyl (C=O) groups excluding carboxylic acids is 1. The van der Waals surface area contributed by atoms with E-state index in [1.54, 1.807) is 24.3 Å². The van der Waals surface area contributed by atoms with E-state index >= 15 is 0 Å². The van der Waals surface area contributed by atoms with Crippen LogP contribution in [0.2, 0.25) is 0 Å². The number of amides is 1. The van der Waals surface area contributed by atoms with Crippen LogP contribution in [0.4, 0.5) is 5.69 Å². The predicted octanol–water partition coefficient (Wildman–Crippen LogP) is -0.152. The summed E-state index contributed by atoms with van der Waals surface area (Å²) in [5.41, 5.74) is 1.00. The van der Waals surface area contributed by atoms with E-state index in [2.05, 4.69) is 5.32 Å². The third-order valence-corrected chi connectivity index (χ3v) is 5.70. The van der Waals surface area contributed by atoms with Gasteiger partial charge in [-0.15, -0.1) is 0 Å². The molecule has 1 saturated heterocycles. The van der Waals surface area contributed by atoms with Gasteiger partial charge < -0.3 is 5.32 Å². The normalized spacial score (nSPS) is 21.1. The van der Waals surface area contributed by atoms with Crippen molar-refractivity contribution in [3.05, 3.63) is 29.8 Å². The van der Waals surface area contributed by atoms with Gasteiger partial charge in [0.25, 0.3) is 0 Å². The zero-order valence-electron chi connectivity index (χ0n) is 11.2. The molecule has 0 spiro atoms. The van der Waals surface area contributed by atoms with E-state index in [9.17, 15) is 21.6 Å². The van der Waals surface area contributed by atoms with E-state index in [4.69, 9.17) is 5.14 Å². The summed E-state index contributed by atoms with van der Waals surface area (Å²) in [5.74, 6) is -1.22. The Morgan fingerprint density at radius 1 is 1.29 bits per heavy atom. The molecule has 0 aromatic heterocycles. The Morgan fingerprint density at radius 2 is 1.90 bits per heavy atom. The zero-order chi connectivity index (χ0) is 15.7. The topological polar surface area (TPSA) is 123 Å². The second-order valence-corrected chi connectivity index (χ2v) is 8.94. The van der Waals surface area contributed by atoms with Crippen molar-refractivity contribution in [3.8, 4) is 0 Å². The number of anilines is 1. The fraction of sp³-hybridized carbons (Fsp3) is 0.417. The number of carbonyl (C=O) groups is 1. The summed E-state index contributed by atoms with van der Waals surface area (Å²) in [4.78, 5) is 11.9. The molecule has 0 saturated carbocycles. The van der Waals surface area contributed by atoms with Crippen molar-refractivity contribution in [2.45, 2.75) is 12.2 Å². The lowest BCUT2D eigenvalue weighted by Crippen LogP contribution is -2.23. The highest BCUT2D eigenvalue weighted by Crippen LogP contribution is 2.20. The quantitative estimate of drug-likeness (QED) is 0.793. The third-order valence-electron chi connectivity index (χ3n) is 3.19. The van der Waals surface area contributed by atoms with Gasteiger partial charge in [-0.3, -0.25) is 4.79 Å². The molecule has 1 fully saturated rings. The van der Waals surface area contributed by atoms with Crippen LogP contribution in [0.5, 0.6) is 0 Å². The van der Waals surface area contributed by atoms with Crippen LogP contribution in [0.15, 0.2) is 24.3 Å². The summed E-state index contributed by atoms with van der Waals surface area (Å²) in [5, 5.41) is 7.57. The van der Waals surface area contributed by atoms with Crippen molar-refractivity contribution in [2.75, 3.05) is 16.8 Å². The molecule has 7 nitrogen and oxygen atoms in total. The monoisotopic (exact) mass is 332 g/mol. The Kier molecular flexibility index (Phi) is 4.35. The molecule has 1 aliphatic heterocycles. The number of primary sulfonamides is 1. The van der Waals surface area contributed by atoms with Crippen LogP contribution < -0.4 is 10.5 Å². The van der Waals surface area contributed by atoms with Gasteiger partial charge in [-0.25, -0.2) is 22.0 Å². The molecule has 3 N–H and O–H groups in total. The molecule has 2 rings (SSSR count). The molecule has 0 bridgehead atoms. The van der Waals surface area contributed by atoms with Gasteiger partial charge in [0.15, 0.2) is 9.84 Å². The van der Waals surface area contributed by atoms with Crippen molar-refractivity contribution in [2.24, 2.45) is 11.1 Å². The Balaban J connectivity index is 1.99. The minimum Gasteiger partial charge on any atom is -0.326 e. The maximum absolute atomic E-state index is 11.9. The summed E-state index contributed by atoms with van der Waals surface area (Å²) < 4.78 is 44.6. The summed E-state index contributed by atoms with van der Waals surface area (Å²) in [7, 11) is -6.69. The molecular formula is C12H16N2O5S2. The third kappa shape index (κ3) is 4.80. The smallest absolute Gasteiger partial charge is 0.228 e. The molecule has 0 radical (unpaired) electrons. The number of nitrogens with two attached hydrogens (primary N) is 1. The number of nitrogens with one attached hydrogen (secondary N) is 1. The van der Waals surface area contributed by atoms with Crippen LogP contribution in [0.3, 0.4) is 0 Å². The van der Waals surface area contributed by atoms with Gasteiger partial charge in [0, 0.05) is 5.69 Å². The molecule has 1 aliphatic rings. The number of hydrogen-bond acceptors (Lipinski definition) is 5. The van der Waals surface area contributed by atoms with E-state index in [0.29, 0.717) is 17.7 Å². The molecule has 1 amide bonds. The van der Waals surface area contributed by atoms with Gasteiger partial charge in [-0.2, -0.15) is 0 Å². The van der Waals surface area contributed by atoms with Gasteiger partial charge in [0.05, 0.1) is 23.2 Å². The van der Waals surface area contributed by atoms with Crippen LogP contribution >= 0.6 is 0 Å². The van der Waals surface area contributed by atoms with Crippen molar-refractivity contribution >= 4 is 31.5 Å². The molecule has 1 unspecified atom stereocenters. The molecule has 0 aliphatic carbocycles. The Hall–Kier alpha value is -1.45. The fourth-order valence-corrected chi connectivity index (χ4v) is 4.56. The fourth-order valence-electron chi connectivity index (χ4n) is 2.16. The molecule has 9 heteroatoms. The van der Waals surface area contributed by atoms with Gasteiger partial charge >= 0.3 is 0 Å². The van der Waals surface area contributed by atoms with Gasteiger partial charge in [-0.05, 0) is 24.1 Å². The average Bonchev–Trinajstić information content (AvgIpc) is 2.70. The maximum Gasteiger partial charge on any atom is 0.228 e. The van der Waals surface area contributed by atoms with Crippen molar-refractivity contribution in [1.82, 2.24) is 0 Å². The van der Waals surface area contributed by atoms with Gasteiger partial charge in [0.1, 0.15) is 0 Å². The highest BCUT2D eigenvalue weighted by Gasteiger charge is 2.32. The number of sulfone groups is 1. The van der Waals surface area contributed by atoms with Crippen molar-refractivity contribution < 1.29 is 21.6 Å². The van der Waals surface area contributed by atoms with Crippen LogP contribution in [0.25, 0.3) is 0 Å². The Labute approximate surface area is 123 Å². The molecule has 1 aromatic rings. The molecule has 116 valence electrons. The van der Waals surface area contributed by atoms with Crippen LogP contribution in [0.1, 0.15) is 12.0 Å². The van der Waals surface area contributed by atoms with Gasteiger partial charge in [0.2, 0.25) is 15.9 Å². The molecule has 1 atom stereocenters. The Morgan fingerprint density at radius 3 is 2.38 bits per heavy atom. The number of benzene rings is 1. The van der Waals surface area contributed by atoms with E-state index in [1.165, 1.54) is 0 Å². The van der Waals surface area contributed by atoms with E-state index < -0.39 is 25.8 Å². The largest absolute Gasteiger partial charge is 0.326 e. The number of rotatable bonds is 4. The first-order valence-corrected chi connectivity index (χ1v) is 9.79. The molecule has 21 heavy (non-hydrogen) atoms. The van der Waals surface area contributed by atoms with E-state index in [-0.39, 0.29) is 23.2 Å². The highest BCUT2D eigenvalue weighted by molar-refractivity contribution is 7.91. The second-order valence-electron chi connectivity index (χ2n) is 5.09. The van der Waals surface area contributed by atoms with Crippen LogP contribution in [-0.4, -0.2) is 34.2 Å². The average molecular weight is 332 g/mol. The second kappa shape index (κ2) is 5.74. The maximum atomic E-state index is 11.9. The van der Waals surface area contributed by atoms with E-state index in [1.807, 2.05) is 0 Å². The standard InChI is InChI=1S/C12H16N2O5S2/c13-21(18,19)7-9-1-3-11(4-2-9)14-12(15)10-5-6-20(16,17)8-10/h1-4,10H,5-8H2,(H,14,15)(H2,13,18,19). The summed E-state index contributed by atoms with van der Waals surface area (Å²) in [6.45, 7) is 0. The molecular weight excluding hydrogens is 316 g/mol. The zero-order valence-corrected chi connectivity index (χ0v) is 12.8. The predicted molar refractivity (Wildman–Crippen MR) is 78.6 cm³/mol. The number of hydrogen-bond donors (Lipinski definition) is 2. The Bertz CT molecular complexity index is 738. The molecule has 1 heterocycles. The van der Waals surface area contributed by atoms with Crippen molar-refractivity contribution in [3.63, 3.8) is 0 Å². The lowest BCUT2D eigenvalue weighted by atomic mass is 10.1. The SMILES string of the molecule is NS(=O)(=O)Cc1ccc(NC(=O)C2CCS(=O)(=O)C2)cc1. The molecule has 1 aromatic carbocycles. The first-order chi connectivity index (χ1) is 9.65. The number of sulfonamides is 1. The van der Waals surface area contributed by atoms with E-state index in [0.717, 1.165) is 0 Å². The summed E-state index contributed by atoms with van der Waals surface area (Å²) >= 11 is 0.